The summed E-state index contributed by atoms with van der Waals surface area (Å²) < 4.78 is 53.8. The maximum Gasteiger partial charge on any atom is 0.417 e. The lowest BCUT2D eigenvalue weighted by atomic mass is 9.99. The number of nitrogens with two attached hydrogens (primary N) is 2. The molecule has 1 saturated carbocycles. The van der Waals surface area contributed by atoms with Crippen molar-refractivity contribution in [2.24, 2.45) is 16.8 Å². The summed E-state index contributed by atoms with van der Waals surface area (Å²) in [5.74, 6) is 11.7. The number of hydrogen-bond donors (Lipinski definition) is 2. The number of hydrazine groups is 1. The van der Waals surface area contributed by atoms with Crippen LogP contribution in [-0.2, 0) is 6.18 Å². The van der Waals surface area contributed by atoms with Gasteiger partial charge in [-0.3, -0.25) is 4.79 Å². The van der Waals surface area contributed by atoms with E-state index in [2.05, 4.69) is 15.1 Å². The highest BCUT2D eigenvalue weighted by atomic mass is 19.4. The van der Waals surface area contributed by atoms with Crippen LogP contribution in [0.4, 0.5) is 29.2 Å². The molecule has 2 aliphatic rings. The van der Waals surface area contributed by atoms with Crippen molar-refractivity contribution in [1.82, 2.24) is 14.9 Å². The molecule has 13 heteroatoms. The second-order valence-electron chi connectivity index (χ2n) is 8.62. The van der Waals surface area contributed by atoms with Gasteiger partial charge in [0.15, 0.2) is 0 Å². The third-order valence-electron chi connectivity index (χ3n) is 6.22. The van der Waals surface area contributed by atoms with E-state index in [0.29, 0.717) is 30.2 Å². The van der Waals surface area contributed by atoms with Gasteiger partial charge in [0.2, 0.25) is 0 Å². The Morgan fingerprint density at radius 1 is 1.14 bits per heavy atom. The van der Waals surface area contributed by atoms with Gasteiger partial charge < -0.3 is 15.6 Å². The van der Waals surface area contributed by atoms with Crippen molar-refractivity contribution in [3.8, 4) is 0 Å². The van der Waals surface area contributed by atoms with Crippen molar-refractivity contribution in [2.45, 2.75) is 50.6 Å². The molecule has 2 fully saturated rings. The predicted molar refractivity (Wildman–Crippen MR) is 122 cm³/mol. The molecule has 2 atom stereocenters. The van der Waals surface area contributed by atoms with Crippen LogP contribution < -0.4 is 21.6 Å². The number of pyridine rings is 2. The number of anilines is 2. The van der Waals surface area contributed by atoms with Crippen LogP contribution in [0, 0.1) is 0 Å². The monoisotopic (exact) mass is 494 g/mol. The fraction of sp³-hybridized carbons (Fsp3) is 0.455. The van der Waals surface area contributed by atoms with E-state index in [-0.39, 0.29) is 24.3 Å². The van der Waals surface area contributed by atoms with Crippen LogP contribution in [0.3, 0.4) is 0 Å². The molecule has 3 heterocycles. The van der Waals surface area contributed by atoms with E-state index in [9.17, 15) is 18.0 Å². The first-order valence-electron chi connectivity index (χ1n) is 11.1. The number of rotatable bonds is 5. The van der Waals surface area contributed by atoms with Gasteiger partial charge in [-0.2, -0.15) is 18.3 Å². The Balaban J connectivity index is 1.46. The summed E-state index contributed by atoms with van der Waals surface area (Å²) in [6.45, 7) is 1.89. The van der Waals surface area contributed by atoms with Crippen LogP contribution in [0.1, 0.15) is 42.1 Å². The number of carbonyl (C=O) groups is 1. The molecule has 2 aromatic rings. The molecule has 9 nitrogen and oxygen atoms in total. The second-order valence-corrected chi connectivity index (χ2v) is 8.62. The van der Waals surface area contributed by atoms with Gasteiger partial charge >= 0.3 is 6.18 Å². The Labute approximate surface area is 199 Å². The molecule has 188 valence electrons. The van der Waals surface area contributed by atoms with Crippen molar-refractivity contribution >= 4 is 23.4 Å². The highest BCUT2D eigenvalue weighted by Crippen LogP contribution is 2.35. The number of nitrogens with zero attached hydrogens (tertiary/aromatic N) is 6. The van der Waals surface area contributed by atoms with E-state index < -0.39 is 24.0 Å². The Kier molecular flexibility index (Phi) is 6.79. The Hall–Kier alpha value is -3.48. The van der Waals surface area contributed by atoms with Gasteiger partial charge in [-0.05, 0) is 50.5 Å². The third-order valence-corrected chi connectivity index (χ3v) is 6.22. The van der Waals surface area contributed by atoms with E-state index in [0.717, 1.165) is 25.1 Å². The van der Waals surface area contributed by atoms with Gasteiger partial charge in [-0.15, -0.1) is 0 Å². The number of amides is 1. The van der Waals surface area contributed by atoms with Crippen LogP contribution in [0.2, 0.25) is 0 Å². The summed E-state index contributed by atoms with van der Waals surface area (Å²) in [5, 5.41) is 4.67. The molecule has 0 radical (unpaired) electrons. The summed E-state index contributed by atoms with van der Waals surface area (Å²) in [4.78, 5) is 24.6. The van der Waals surface area contributed by atoms with Crippen molar-refractivity contribution in [3.05, 3.63) is 47.8 Å². The first-order valence-corrected chi connectivity index (χ1v) is 11.1. The normalized spacial score (nSPS) is 21.1. The summed E-state index contributed by atoms with van der Waals surface area (Å²) >= 11 is 0. The molecule has 0 bridgehead atoms. The number of aromatic nitrogens is 2. The van der Waals surface area contributed by atoms with Crippen LogP contribution >= 0.6 is 0 Å². The van der Waals surface area contributed by atoms with Crippen molar-refractivity contribution < 1.29 is 22.4 Å². The third kappa shape index (κ3) is 5.29. The Morgan fingerprint density at radius 2 is 1.89 bits per heavy atom. The maximum atomic E-state index is 15.4. The van der Waals surface area contributed by atoms with Gasteiger partial charge in [-0.1, -0.05) is 0 Å². The average Bonchev–Trinajstić information content (AvgIpc) is 3.69. The fourth-order valence-electron chi connectivity index (χ4n) is 4.13. The minimum Gasteiger partial charge on any atom is -0.354 e. The largest absolute Gasteiger partial charge is 0.417 e. The Morgan fingerprint density at radius 3 is 2.40 bits per heavy atom. The number of hydrogen-bond acceptors (Lipinski definition) is 7. The van der Waals surface area contributed by atoms with Gasteiger partial charge in [-0.25, -0.2) is 25.2 Å². The zero-order valence-electron chi connectivity index (χ0n) is 19.0. The van der Waals surface area contributed by atoms with Crippen molar-refractivity contribution in [1.29, 1.82) is 0 Å². The molecule has 1 saturated heterocycles. The van der Waals surface area contributed by atoms with Crippen molar-refractivity contribution in [2.75, 3.05) is 23.0 Å². The molecule has 0 spiro atoms. The van der Waals surface area contributed by atoms with Crippen molar-refractivity contribution in [3.63, 3.8) is 0 Å². The summed E-state index contributed by atoms with van der Waals surface area (Å²) in [6, 6.07) is 4.58. The Bertz CT molecular complexity index is 1070. The zero-order valence-corrected chi connectivity index (χ0v) is 19.0. The lowest BCUT2D eigenvalue weighted by Gasteiger charge is -2.41. The van der Waals surface area contributed by atoms with Crippen LogP contribution in [0.5, 0.6) is 0 Å². The number of alkyl halides is 4. The first-order chi connectivity index (χ1) is 16.6. The number of piperidine rings is 1. The lowest BCUT2D eigenvalue weighted by molar-refractivity contribution is -0.137. The molecule has 0 aromatic carbocycles. The van der Waals surface area contributed by atoms with Crippen LogP contribution in [-0.4, -0.2) is 58.0 Å². The lowest BCUT2D eigenvalue weighted by Crippen LogP contribution is -2.55. The molecule has 2 unspecified atom stereocenters. The zero-order chi connectivity index (χ0) is 25.3. The molecule has 1 amide bonds. The van der Waals surface area contributed by atoms with Crippen LogP contribution in [0.25, 0.3) is 0 Å². The highest BCUT2D eigenvalue weighted by molar-refractivity contribution is 5.96. The minimum atomic E-state index is -4.49. The fourth-order valence-corrected chi connectivity index (χ4v) is 4.13. The number of halogens is 4. The average molecular weight is 494 g/mol. The molecular weight excluding hydrogens is 468 g/mol. The molecule has 4 rings (SSSR count). The van der Waals surface area contributed by atoms with Gasteiger partial charge in [0.25, 0.3) is 5.91 Å². The first kappa shape index (κ1) is 24.6. The number of amidine groups is 1. The summed E-state index contributed by atoms with van der Waals surface area (Å²) in [6.07, 6.45) is -1.87. The second kappa shape index (κ2) is 9.64. The summed E-state index contributed by atoms with van der Waals surface area (Å²) in [7, 11) is 0. The number of carbonyl (C=O) groups excluding carboxylic acids is 1. The molecular formula is C22H26F4N8O. The predicted octanol–water partition coefficient (Wildman–Crippen LogP) is 2.69. The minimum absolute atomic E-state index is 0.0567. The molecule has 1 aliphatic heterocycles. The van der Waals surface area contributed by atoms with E-state index in [1.807, 2.05) is 0 Å². The summed E-state index contributed by atoms with van der Waals surface area (Å²) in [5.41, 5.74) is -0.559. The number of hydrazone groups is 1. The van der Waals surface area contributed by atoms with E-state index in [4.69, 9.17) is 11.7 Å². The van der Waals surface area contributed by atoms with E-state index in [1.165, 1.54) is 17.3 Å². The quantitative estimate of drug-likeness (QED) is 0.216. The van der Waals surface area contributed by atoms with E-state index >= 15 is 4.39 Å². The van der Waals surface area contributed by atoms with Gasteiger partial charge in [0.1, 0.15) is 23.6 Å². The molecule has 4 N–H and O–H groups in total. The highest BCUT2D eigenvalue weighted by Gasteiger charge is 2.43. The molecule has 35 heavy (non-hydrogen) atoms. The molecule has 2 aromatic heterocycles. The van der Waals surface area contributed by atoms with Gasteiger partial charge in [0.05, 0.1) is 23.7 Å². The smallest absolute Gasteiger partial charge is 0.354 e. The van der Waals surface area contributed by atoms with Crippen LogP contribution in [0.15, 0.2) is 41.8 Å². The maximum absolute atomic E-state index is 15.4. The van der Waals surface area contributed by atoms with Gasteiger partial charge in [0, 0.05) is 25.0 Å². The standard InChI is InChI=1S/C22H26F4N8O/c1-13(31-27)34(28)20-6-2-14(10-29-20)21(35)33(16-4-5-16)18-8-9-32(12-17(18)23)19-7-3-15(11-30-19)22(24,25)26/h2-3,6-7,10-11,16-18H,4-5,8-9,12,27-28H2,1H3. The molecule has 1 aliphatic carbocycles. The SMILES string of the molecule is CC(=NN)N(N)c1ccc(C(=O)N(C2CC2)C2CCN(c3ccc(C(F)(F)F)cn3)CC2F)cn1. The van der Waals surface area contributed by atoms with E-state index in [1.54, 1.807) is 28.9 Å². The topological polar surface area (TPSA) is 117 Å².